The number of thiophene rings is 1. The molecular weight excluding hydrogens is 564 g/mol. The average Bonchev–Trinajstić information content (AvgIpc) is 3.20. The zero-order chi connectivity index (χ0) is 27.6. The first-order valence-corrected chi connectivity index (χ1v) is 12.8. The van der Waals surface area contributed by atoms with Gasteiger partial charge in [0.1, 0.15) is 10.8 Å². The topological polar surface area (TPSA) is 59.1 Å². The van der Waals surface area contributed by atoms with Crippen LogP contribution < -0.4 is 9.64 Å². The van der Waals surface area contributed by atoms with Crippen molar-refractivity contribution in [3.8, 4) is 10.8 Å². The lowest BCUT2D eigenvalue weighted by atomic mass is 9.99. The van der Waals surface area contributed by atoms with Crippen LogP contribution in [0, 0.1) is 0 Å². The van der Waals surface area contributed by atoms with Gasteiger partial charge in [-0.05, 0) is 42.3 Å². The zero-order valence-corrected chi connectivity index (χ0v) is 22.3. The van der Waals surface area contributed by atoms with Crippen molar-refractivity contribution in [1.82, 2.24) is 4.90 Å². The lowest BCUT2D eigenvalue weighted by Crippen LogP contribution is -2.44. The first-order valence-electron chi connectivity index (χ1n) is 11.3. The predicted molar refractivity (Wildman–Crippen MR) is 141 cm³/mol. The summed E-state index contributed by atoms with van der Waals surface area (Å²) in [6.45, 7) is 3.62. The largest absolute Gasteiger partial charge is 0.490 e. The molecule has 12 heteroatoms. The van der Waals surface area contributed by atoms with E-state index >= 15 is 0 Å². The summed E-state index contributed by atoms with van der Waals surface area (Å²) in [5.41, 5.74) is 2.75. The highest BCUT2D eigenvalue weighted by Crippen LogP contribution is 2.50. The number of hydrogen-bond donors (Lipinski definition) is 0. The highest BCUT2D eigenvalue weighted by Gasteiger charge is 2.41. The number of benzene rings is 2. The average molecular weight is 585 g/mol. The van der Waals surface area contributed by atoms with Crippen LogP contribution in [0.15, 0.2) is 55.1 Å². The molecule has 0 N–H and O–H groups in total. The molecule has 2 aromatic carbocycles. The van der Waals surface area contributed by atoms with Crippen molar-refractivity contribution >= 4 is 57.2 Å². The van der Waals surface area contributed by atoms with Crippen LogP contribution in [0.4, 0.5) is 23.0 Å². The van der Waals surface area contributed by atoms with E-state index in [2.05, 4.69) is 11.3 Å². The quantitative estimate of drug-likeness (QED) is 0.200. The molecule has 0 aliphatic carbocycles. The molecule has 0 saturated heterocycles. The molecule has 200 valence electrons. The second kappa shape index (κ2) is 11.3. The third kappa shape index (κ3) is 6.09. The normalized spacial score (nSPS) is 13.5. The van der Waals surface area contributed by atoms with E-state index in [9.17, 15) is 22.8 Å². The van der Waals surface area contributed by atoms with Crippen LogP contribution >= 0.6 is 34.5 Å². The van der Waals surface area contributed by atoms with E-state index in [-0.39, 0.29) is 13.0 Å². The zero-order valence-electron chi connectivity index (χ0n) is 20.0. The standard InChI is InChI=1S/C26H21Cl2F3N2O4S/c1-15-21-20(13-16-7-9-17(27)10-8-16)23(37-19-6-3-5-18(28)14-19)38-22(21)32(2)25(35)33(15)11-4-12-36-24(34)26(29,30)31/h3,5-10,14H,1,4,11-13H2,2H3. The molecule has 0 bridgehead atoms. The Balaban J connectivity index is 1.65. The first kappa shape index (κ1) is 27.8. The summed E-state index contributed by atoms with van der Waals surface area (Å²) < 4.78 is 47.7. The van der Waals surface area contributed by atoms with E-state index in [4.69, 9.17) is 27.9 Å². The Kier molecular flexibility index (Phi) is 8.25. The second-order valence-corrected chi connectivity index (χ2v) is 10.2. The van der Waals surface area contributed by atoms with Crippen molar-refractivity contribution in [2.45, 2.75) is 19.0 Å². The third-order valence-electron chi connectivity index (χ3n) is 5.68. The fraction of sp³-hybridized carbons (Fsp3) is 0.231. The highest BCUT2D eigenvalue weighted by atomic mass is 35.5. The summed E-state index contributed by atoms with van der Waals surface area (Å²) in [4.78, 5) is 26.9. The summed E-state index contributed by atoms with van der Waals surface area (Å²) in [6.07, 6.45) is -4.67. The highest BCUT2D eigenvalue weighted by molar-refractivity contribution is 7.18. The Morgan fingerprint density at radius 3 is 2.47 bits per heavy atom. The van der Waals surface area contributed by atoms with Crippen LogP contribution in [0.5, 0.6) is 10.8 Å². The van der Waals surface area contributed by atoms with E-state index in [0.717, 1.165) is 11.1 Å². The maximum Gasteiger partial charge on any atom is 0.490 e. The van der Waals surface area contributed by atoms with Crippen LogP contribution in [-0.2, 0) is 16.0 Å². The lowest BCUT2D eigenvalue weighted by molar-refractivity contribution is -0.199. The Bertz CT molecular complexity index is 1380. The van der Waals surface area contributed by atoms with Gasteiger partial charge in [0, 0.05) is 46.9 Å². The number of fused-ring (bicyclic) bond motifs is 1. The van der Waals surface area contributed by atoms with E-state index in [0.29, 0.717) is 43.5 Å². The molecule has 0 atom stereocenters. The Morgan fingerprint density at radius 2 is 1.82 bits per heavy atom. The van der Waals surface area contributed by atoms with Crippen LogP contribution in [0.25, 0.3) is 5.70 Å². The monoisotopic (exact) mass is 584 g/mol. The molecule has 38 heavy (non-hydrogen) atoms. The van der Waals surface area contributed by atoms with Crippen molar-refractivity contribution in [2.75, 3.05) is 25.1 Å². The van der Waals surface area contributed by atoms with Crippen LogP contribution in [0.3, 0.4) is 0 Å². The maximum atomic E-state index is 13.1. The fourth-order valence-corrected chi connectivity index (χ4v) is 5.35. The molecule has 0 radical (unpaired) electrons. The van der Waals surface area contributed by atoms with Gasteiger partial charge in [0.15, 0.2) is 5.06 Å². The summed E-state index contributed by atoms with van der Waals surface area (Å²) in [5.74, 6) is -1.76. The number of hydrogen-bond acceptors (Lipinski definition) is 5. The molecule has 4 rings (SSSR count). The van der Waals surface area contributed by atoms with Crippen molar-refractivity contribution < 1.29 is 32.2 Å². The Labute approximate surface area is 230 Å². The lowest BCUT2D eigenvalue weighted by Gasteiger charge is -2.35. The Morgan fingerprint density at radius 1 is 1.11 bits per heavy atom. The molecule has 0 saturated carbocycles. The van der Waals surface area contributed by atoms with Gasteiger partial charge < -0.3 is 9.47 Å². The van der Waals surface area contributed by atoms with E-state index in [1.165, 1.54) is 21.1 Å². The van der Waals surface area contributed by atoms with Gasteiger partial charge in [-0.3, -0.25) is 9.80 Å². The number of urea groups is 1. The molecule has 3 aromatic rings. The van der Waals surface area contributed by atoms with Crippen LogP contribution in [-0.4, -0.2) is 43.3 Å². The van der Waals surface area contributed by atoms with Gasteiger partial charge in [0.25, 0.3) is 0 Å². The number of esters is 1. The molecule has 1 aliphatic heterocycles. The fourth-order valence-electron chi connectivity index (χ4n) is 3.87. The summed E-state index contributed by atoms with van der Waals surface area (Å²) >= 11 is 13.4. The Hall–Kier alpha value is -3.21. The molecule has 1 aliphatic rings. The van der Waals surface area contributed by atoms with Gasteiger partial charge in [-0.25, -0.2) is 9.59 Å². The number of amides is 2. The minimum atomic E-state index is -5.08. The SMILES string of the molecule is C=C1c2c(sc(Oc3cccc(Cl)c3)c2Cc2ccc(Cl)cc2)N(C)C(=O)N1CCCOC(=O)C(F)(F)F. The number of rotatable bonds is 8. The molecule has 0 spiro atoms. The van der Waals surface area contributed by atoms with E-state index in [1.807, 2.05) is 12.1 Å². The number of halogens is 5. The number of alkyl halides is 3. The van der Waals surface area contributed by atoms with Gasteiger partial charge >= 0.3 is 18.2 Å². The minimum Gasteiger partial charge on any atom is -0.459 e. The number of nitrogens with zero attached hydrogens (tertiary/aromatic N) is 2. The predicted octanol–water partition coefficient (Wildman–Crippen LogP) is 7.78. The molecule has 2 heterocycles. The van der Waals surface area contributed by atoms with Crippen molar-refractivity contribution in [1.29, 1.82) is 0 Å². The number of carbonyl (C=O) groups excluding carboxylic acids is 2. The summed E-state index contributed by atoms with van der Waals surface area (Å²) in [7, 11) is 1.59. The second-order valence-electron chi connectivity index (χ2n) is 8.34. The van der Waals surface area contributed by atoms with E-state index in [1.54, 1.807) is 43.4 Å². The van der Waals surface area contributed by atoms with Gasteiger partial charge in [-0.2, -0.15) is 13.2 Å². The van der Waals surface area contributed by atoms with Crippen molar-refractivity contribution in [3.05, 3.63) is 81.8 Å². The number of carbonyl (C=O) groups is 2. The van der Waals surface area contributed by atoms with Crippen LogP contribution in [0.1, 0.15) is 23.1 Å². The van der Waals surface area contributed by atoms with Crippen molar-refractivity contribution in [2.24, 2.45) is 0 Å². The summed E-state index contributed by atoms with van der Waals surface area (Å²) in [5, 5.41) is 2.23. The van der Waals surface area contributed by atoms with E-state index < -0.39 is 24.8 Å². The van der Waals surface area contributed by atoms with Crippen LogP contribution in [0.2, 0.25) is 10.0 Å². The molecule has 6 nitrogen and oxygen atoms in total. The minimum absolute atomic E-state index is 0.00665. The van der Waals surface area contributed by atoms with Gasteiger partial charge in [0.05, 0.1) is 6.61 Å². The molecule has 2 amide bonds. The number of anilines is 1. The van der Waals surface area contributed by atoms with Gasteiger partial charge in [-0.15, -0.1) is 0 Å². The number of ether oxygens (including phenoxy) is 2. The molecular formula is C26H21Cl2F3N2O4S. The molecule has 0 unspecified atom stereocenters. The molecule has 0 fully saturated rings. The maximum absolute atomic E-state index is 13.1. The third-order valence-corrected chi connectivity index (χ3v) is 7.35. The molecule has 1 aromatic heterocycles. The summed E-state index contributed by atoms with van der Waals surface area (Å²) in [6, 6.07) is 13.8. The smallest absolute Gasteiger partial charge is 0.459 e. The van der Waals surface area contributed by atoms with Gasteiger partial charge in [-0.1, -0.05) is 59.3 Å². The van der Waals surface area contributed by atoms with Crippen molar-refractivity contribution in [3.63, 3.8) is 0 Å². The first-order chi connectivity index (χ1) is 18.0. The van der Waals surface area contributed by atoms with Gasteiger partial charge in [0.2, 0.25) is 0 Å².